The van der Waals surface area contributed by atoms with Gasteiger partial charge in [0.2, 0.25) is 0 Å². The van der Waals surface area contributed by atoms with Crippen LogP contribution in [0.15, 0.2) is 222 Å². The Labute approximate surface area is 378 Å². The number of aromatic nitrogens is 3. The number of pyridine rings is 1. The van der Waals surface area contributed by atoms with E-state index >= 15 is 0 Å². The molecule has 0 spiro atoms. The summed E-state index contributed by atoms with van der Waals surface area (Å²) in [4.78, 5) is 17.5. The van der Waals surface area contributed by atoms with E-state index in [1.54, 1.807) is 6.20 Å². The Kier molecular flexibility index (Phi) is 9.10. The normalized spacial score (nSPS) is 12.9. The van der Waals surface area contributed by atoms with Gasteiger partial charge in [0.1, 0.15) is 0 Å². The Morgan fingerprint density at radius 3 is 1.58 bits per heavy atom. The quantitative estimate of drug-likeness (QED) is 0.177. The van der Waals surface area contributed by atoms with Gasteiger partial charge in [-0.05, 0) is 114 Å². The molecule has 302 valence electrons. The third-order valence-electron chi connectivity index (χ3n) is 13.1. The second-order valence-electron chi connectivity index (χ2n) is 17.2. The largest absolute Gasteiger partial charge is 0.264 e. The first-order valence-electron chi connectivity index (χ1n) is 21.8. The first-order valence-corrected chi connectivity index (χ1v) is 22.6. The van der Waals surface area contributed by atoms with Gasteiger partial charge in [0.25, 0.3) is 0 Å². The highest BCUT2D eigenvalue weighted by Crippen LogP contribution is 2.55. The minimum atomic E-state index is -0.157. The average molecular weight is 836 g/mol. The average Bonchev–Trinajstić information content (AvgIpc) is 3.58. The van der Waals surface area contributed by atoms with Crippen LogP contribution in [0, 0.1) is 0 Å². The highest BCUT2D eigenvalue weighted by Gasteiger charge is 2.37. The van der Waals surface area contributed by atoms with Crippen LogP contribution in [-0.4, -0.2) is 15.0 Å². The number of rotatable bonds is 4. The van der Waals surface area contributed by atoms with Crippen LogP contribution in [0.3, 0.4) is 0 Å². The summed E-state index contributed by atoms with van der Waals surface area (Å²) in [7, 11) is 0. The van der Waals surface area contributed by atoms with Crippen LogP contribution < -0.4 is 0 Å². The third-order valence-corrected chi connectivity index (χ3v) is 14.2. The zero-order chi connectivity index (χ0) is 42.8. The summed E-state index contributed by atoms with van der Waals surface area (Å²) < 4.78 is 0. The van der Waals surface area contributed by atoms with E-state index in [9.17, 15) is 0 Å². The van der Waals surface area contributed by atoms with Crippen LogP contribution in [-0.2, 0) is 5.41 Å². The molecule has 4 heteroatoms. The van der Waals surface area contributed by atoms with Gasteiger partial charge in [-0.15, -0.1) is 0 Å². The van der Waals surface area contributed by atoms with Gasteiger partial charge in [0, 0.05) is 44.3 Å². The molecule has 1 aliphatic carbocycles. The summed E-state index contributed by atoms with van der Waals surface area (Å²) >= 11 is 1.87. The molecule has 8 aromatic carbocycles. The first kappa shape index (κ1) is 38.0. The Morgan fingerprint density at radius 2 is 0.891 bits per heavy atom. The van der Waals surface area contributed by atoms with Gasteiger partial charge in [-0.1, -0.05) is 189 Å². The third kappa shape index (κ3) is 6.41. The van der Waals surface area contributed by atoms with Crippen molar-refractivity contribution in [2.24, 2.45) is 0 Å². The van der Waals surface area contributed by atoms with E-state index in [0.717, 1.165) is 50.3 Å². The summed E-state index contributed by atoms with van der Waals surface area (Å²) in [6.45, 7) is 4.74. The second-order valence-corrected chi connectivity index (χ2v) is 18.2. The predicted molar refractivity (Wildman–Crippen MR) is 265 cm³/mol. The molecule has 3 nitrogen and oxygen atoms in total. The highest BCUT2D eigenvalue weighted by atomic mass is 32.2. The maximum absolute atomic E-state index is 5.38. The maximum atomic E-state index is 5.38. The molecule has 0 saturated heterocycles. The fourth-order valence-corrected chi connectivity index (χ4v) is 10.9. The Hall–Kier alpha value is -7.66. The van der Waals surface area contributed by atoms with Crippen LogP contribution in [0.4, 0.5) is 0 Å². The second kappa shape index (κ2) is 15.3. The minimum absolute atomic E-state index is 0.157. The monoisotopic (exact) mass is 835 g/mol. The Morgan fingerprint density at radius 1 is 0.344 bits per heavy atom. The van der Waals surface area contributed by atoms with Crippen LogP contribution in [0.5, 0.6) is 0 Å². The van der Waals surface area contributed by atoms with E-state index in [1.165, 1.54) is 65.4 Å². The summed E-state index contributed by atoms with van der Waals surface area (Å²) in [6.07, 6.45) is 3.71. The molecule has 0 bridgehead atoms. The van der Waals surface area contributed by atoms with Gasteiger partial charge in [0.15, 0.2) is 5.82 Å². The summed E-state index contributed by atoms with van der Waals surface area (Å²) in [5.41, 5.74) is 21.6. The zero-order valence-corrected chi connectivity index (χ0v) is 36.3. The van der Waals surface area contributed by atoms with Crippen molar-refractivity contribution in [3.05, 3.63) is 224 Å². The van der Waals surface area contributed by atoms with Crippen LogP contribution in [0.25, 0.3) is 101 Å². The number of hydrogen-bond donors (Lipinski definition) is 0. The smallest absolute Gasteiger partial charge is 0.160 e. The fraction of sp³-hybridized carbons (Fsp3) is 0.0500. The molecule has 2 aromatic heterocycles. The molecule has 0 fully saturated rings. The molecule has 3 heterocycles. The SMILES string of the molecule is CC1(C)c2ccccc2-c2cc3c(cc21)Sc1ccccc1-c1ccccc1-c1ccccc1-c1ccc(-c2nc(-c4ccccc4)cc(-c4ccc(-c5cccnc5)cc4)n2)cc1-3. The zero-order valence-electron chi connectivity index (χ0n) is 35.5. The maximum Gasteiger partial charge on any atom is 0.160 e. The van der Waals surface area contributed by atoms with Gasteiger partial charge < -0.3 is 0 Å². The molecule has 10 aromatic rings. The lowest BCUT2D eigenvalue weighted by molar-refractivity contribution is 0.659. The van der Waals surface area contributed by atoms with Crippen molar-refractivity contribution in [2.45, 2.75) is 29.1 Å². The molecule has 0 unspecified atom stereocenters. The lowest BCUT2D eigenvalue weighted by atomic mass is 9.81. The van der Waals surface area contributed by atoms with E-state index in [2.05, 4.69) is 207 Å². The molecule has 0 atom stereocenters. The van der Waals surface area contributed by atoms with E-state index in [-0.39, 0.29) is 5.41 Å². The molecule has 1 aliphatic heterocycles. The van der Waals surface area contributed by atoms with Crippen molar-refractivity contribution in [3.8, 4) is 101 Å². The molecule has 0 amide bonds. The number of hydrogen-bond acceptors (Lipinski definition) is 4. The summed E-state index contributed by atoms with van der Waals surface area (Å²) in [5, 5.41) is 0. The van der Waals surface area contributed by atoms with Gasteiger partial charge in [0.05, 0.1) is 11.4 Å². The van der Waals surface area contributed by atoms with Gasteiger partial charge >= 0.3 is 0 Å². The highest BCUT2D eigenvalue weighted by molar-refractivity contribution is 7.99. The fourth-order valence-electron chi connectivity index (χ4n) is 9.81. The van der Waals surface area contributed by atoms with Crippen molar-refractivity contribution in [2.75, 3.05) is 0 Å². The summed E-state index contributed by atoms with van der Waals surface area (Å²) in [5.74, 6) is 0.677. The Bertz CT molecular complexity index is 3430. The topological polar surface area (TPSA) is 38.7 Å². The standard InChI is InChI=1S/C60H41N3S/c1-60(2)53-24-12-10-22-48(53)51-34-52-50-33-41(59-62-55(39-15-4-3-5-16-39)36-56(63-59)40-28-26-38(27-29-40)42-17-14-32-61-37-42)30-31-47(50)45-20-7-6-18-43(45)44-19-8-9-21-46(44)49-23-11-13-25-57(49)64-58(52)35-54(51)60/h3-37H,1-2H3. The minimum Gasteiger partial charge on any atom is -0.264 e. The molecule has 2 aliphatic rings. The van der Waals surface area contributed by atoms with Crippen molar-refractivity contribution in [1.82, 2.24) is 15.0 Å². The van der Waals surface area contributed by atoms with Crippen molar-refractivity contribution in [1.29, 1.82) is 0 Å². The van der Waals surface area contributed by atoms with Gasteiger partial charge in [-0.25, -0.2) is 9.97 Å². The van der Waals surface area contributed by atoms with Crippen LogP contribution in [0.2, 0.25) is 0 Å². The molecular formula is C60H41N3S. The van der Waals surface area contributed by atoms with Gasteiger partial charge in [-0.3, -0.25) is 4.98 Å². The van der Waals surface area contributed by atoms with E-state index in [1.807, 2.05) is 30.1 Å². The molecule has 0 radical (unpaired) electrons. The first-order chi connectivity index (χ1) is 31.5. The summed E-state index contributed by atoms with van der Waals surface area (Å²) in [6, 6.07) is 72.6. The number of fused-ring (bicyclic) bond motifs is 12. The van der Waals surface area contributed by atoms with E-state index < -0.39 is 0 Å². The number of benzene rings is 8. The van der Waals surface area contributed by atoms with Crippen molar-refractivity contribution in [3.63, 3.8) is 0 Å². The van der Waals surface area contributed by atoms with Crippen LogP contribution in [0.1, 0.15) is 25.0 Å². The Balaban J connectivity index is 1.13. The molecule has 0 N–H and O–H groups in total. The molecule has 0 saturated carbocycles. The lowest BCUT2D eigenvalue weighted by Crippen LogP contribution is -2.15. The molecular weight excluding hydrogens is 795 g/mol. The van der Waals surface area contributed by atoms with Crippen molar-refractivity contribution < 1.29 is 0 Å². The molecule has 64 heavy (non-hydrogen) atoms. The van der Waals surface area contributed by atoms with Crippen molar-refractivity contribution >= 4 is 11.8 Å². The number of nitrogens with zero attached hydrogens (tertiary/aromatic N) is 3. The van der Waals surface area contributed by atoms with Crippen LogP contribution >= 0.6 is 11.8 Å². The van der Waals surface area contributed by atoms with E-state index in [0.29, 0.717) is 5.82 Å². The van der Waals surface area contributed by atoms with Gasteiger partial charge in [-0.2, -0.15) is 0 Å². The predicted octanol–water partition coefficient (Wildman–Crippen LogP) is 16.0. The van der Waals surface area contributed by atoms with E-state index in [4.69, 9.17) is 9.97 Å². The lowest BCUT2D eigenvalue weighted by Gasteiger charge is -2.23. The molecule has 12 rings (SSSR count).